The lowest BCUT2D eigenvalue weighted by molar-refractivity contribution is 0.0961. The highest BCUT2D eigenvalue weighted by Crippen LogP contribution is 2.23. The van der Waals surface area contributed by atoms with E-state index in [1.807, 2.05) is 6.92 Å². The average Bonchev–Trinajstić information content (AvgIpc) is 2.04. The monoisotopic (exact) mass is 202 g/mol. The second-order valence-electron chi connectivity index (χ2n) is 4.21. The van der Waals surface area contributed by atoms with E-state index in [2.05, 4.69) is 13.1 Å². The Labute approximate surface area is 82.9 Å². The molecule has 1 saturated carbocycles. The van der Waals surface area contributed by atoms with Crippen molar-refractivity contribution < 1.29 is 8.85 Å². The van der Waals surface area contributed by atoms with Crippen LogP contribution in [-0.2, 0) is 8.85 Å². The van der Waals surface area contributed by atoms with Gasteiger partial charge in [0.15, 0.2) is 0 Å². The van der Waals surface area contributed by atoms with Gasteiger partial charge in [0.1, 0.15) is 0 Å². The van der Waals surface area contributed by atoms with Gasteiger partial charge < -0.3 is 8.85 Å². The summed E-state index contributed by atoms with van der Waals surface area (Å²) < 4.78 is 11.7. The standard InChI is InChI=1S/C10H22O2Si/c1-4-11-13(2,3)12-10-8-6-5-7-9-10/h10H,4-9H2,1-3H3. The predicted octanol–water partition coefficient (Wildman–Crippen LogP) is 3.07. The molecule has 1 fully saturated rings. The van der Waals surface area contributed by atoms with Gasteiger partial charge >= 0.3 is 8.56 Å². The Morgan fingerprint density at radius 3 is 2.31 bits per heavy atom. The molecule has 0 heterocycles. The summed E-state index contributed by atoms with van der Waals surface area (Å²) >= 11 is 0. The summed E-state index contributed by atoms with van der Waals surface area (Å²) in [4.78, 5) is 0. The second kappa shape index (κ2) is 5.13. The van der Waals surface area contributed by atoms with Crippen LogP contribution in [0, 0.1) is 0 Å². The fraction of sp³-hybridized carbons (Fsp3) is 1.00. The molecule has 1 rings (SSSR count). The van der Waals surface area contributed by atoms with Crippen molar-refractivity contribution in [1.29, 1.82) is 0 Å². The van der Waals surface area contributed by atoms with Crippen LogP contribution in [0.4, 0.5) is 0 Å². The Morgan fingerprint density at radius 1 is 1.15 bits per heavy atom. The molecule has 0 aliphatic heterocycles. The van der Waals surface area contributed by atoms with Gasteiger partial charge in [-0.1, -0.05) is 19.3 Å². The maximum atomic E-state index is 6.04. The molecular formula is C10H22O2Si. The summed E-state index contributed by atoms with van der Waals surface area (Å²) in [6.45, 7) is 7.11. The maximum Gasteiger partial charge on any atom is 0.331 e. The van der Waals surface area contributed by atoms with Gasteiger partial charge in [-0.2, -0.15) is 0 Å². The van der Waals surface area contributed by atoms with Crippen LogP contribution in [0.3, 0.4) is 0 Å². The van der Waals surface area contributed by atoms with Crippen LogP contribution in [0.25, 0.3) is 0 Å². The van der Waals surface area contributed by atoms with E-state index in [1.54, 1.807) is 0 Å². The summed E-state index contributed by atoms with van der Waals surface area (Å²) in [5, 5.41) is 0. The van der Waals surface area contributed by atoms with Crippen molar-refractivity contribution in [3.05, 3.63) is 0 Å². The van der Waals surface area contributed by atoms with Crippen molar-refractivity contribution in [2.75, 3.05) is 6.61 Å². The van der Waals surface area contributed by atoms with Crippen molar-refractivity contribution in [2.24, 2.45) is 0 Å². The Bertz CT molecular complexity index is 142. The van der Waals surface area contributed by atoms with E-state index < -0.39 is 8.56 Å². The molecule has 0 bridgehead atoms. The highest BCUT2D eigenvalue weighted by Gasteiger charge is 2.28. The fourth-order valence-corrected chi connectivity index (χ4v) is 3.77. The summed E-state index contributed by atoms with van der Waals surface area (Å²) in [5.74, 6) is 0. The Balaban J connectivity index is 2.28. The van der Waals surface area contributed by atoms with Crippen LogP contribution < -0.4 is 0 Å². The minimum absolute atomic E-state index is 0.488. The molecule has 0 amide bonds. The first-order chi connectivity index (χ1) is 6.14. The van der Waals surface area contributed by atoms with Crippen LogP contribution in [0.15, 0.2) is 0 Å². The molecule has 0 spiro atoms. The van der Waals surface area contributed by atoms with E-state index in [9.17, 15) is 0 Å². The first-order valence-electron chi connectivity index (χ1n) is 5.46. The van der Waals surface area contributed by atoms with E-state index in [1.165, 1.54) is 32.1 Å². The van der Waals surface area contributed by atoms with Gasteiger partial charge in [-0.15, -0.1) is 0 Å². The SMILES string of the molecule is CCO[Si](C)(C)OC1CCCCC1. The van der Waals surface area contributed by atoms with Crippen molar-refractivity contribution >= 4 is 8.56 Å². The summed E-state index contributed by atoms with van der Waals surface area (Å²) in [6.07, 6.45) is 7.02. The topological polar surface area (TPSA) is 18.5 Å². The number of hydrogen-bond donors (Lipinski definition) is 0. The summed E-state index contributed by atoms with van der Waals surface area (Å²) in [6, 6.07) is 0. The highest BCUT2D eigenvalue weighted by molar-refractivity contribution is 6.64. The lowest BCUT2D eigenvalue weighted by Crippen LogP contribution is -2.39. The Morgan fingerprint density at radius 2 is 1.77 bits per heavy atom. The average molecular weight is 202 g/mol. The molecule has 78 valence electrons. The summed E-state index contributed by atoms with van der Waals surface area (Å²) in [5.41, 5.74) is 0. The summed E-state index contributed by atoms with van der Waals surface area (Å²) in [7, 11) is -1.79. The zero-order chi connectivity index (χ0) is 9.73. The Hall–Kier alpha value is 0.137. The first kappa shape index (κ1) is 11.2. The molecular weight excluding hydrogens is 180 g/mol. The molecule has 1 aliphatic carbocycles. The fourth-order valence-electron chi connectivity index (χ4n) is 1.97. The van der Waals surface area contributed by atoms with E-state index in [0.29, 0.717) is 6.10 Å². The molecule has 1 aliphatic rings. The molecule has 0 N–H and O–H groups in total. The molecule has 0 aromatic rings. The Kier molecular flexibility index (Phi) is 4.42. The molecule has 0 aromatic heterocycles. The van der Waals surface area contributed by atoms with Gasteiger partial charge in [-0.05, 0) is 32.9 Å². The highest BCUT2D eigenvalue weighted by atomic mass is 28.4. The van der Waals surface area contributed by atoms with Gasteiger partial charge in [-0.3, -0.25) is 0 Å². The van der Waals surface area contributed by atoms with Crippen molar-refractivity contribution in [2.45, 2.75) is 58.2 Å². The van der Waals surface area contributed by atoms with Crippen LogP contribution >= 0.6 is 0 Å². The van der Waals surface area contributed by atoms with Crippen LogP contribution in [0.2, 0.25) is 13.1 Å². The molecule has 13 heavy (non-hydrogen) atoms. The zero-order valence-corrected chi connectivity index (χ0v) is 10.1. The van der Waals surface area contributed by atoms with Crippen LogP contribution in [-0.4, -0.2) is 21.3 Å². The first-order valence-corrected chi connectivity index (χ1v) is 8.27. The van der Waals surface area contributed by atoms with E-state index in [4.69, 9.17) is 8.85 Å². The normalized spacial score (nSPS) is 20.5. The number of hydrogen-bond acceptors (Lipinski definition) is 2. The van der Waals surface area contributed by atoms with E-state index in [0.717, 1.165) is 6.61 Å². The van der Waals surface area contributed by atoms with Gasteiger partial charge in [0.05, 0.1) is 0 Å². The zero-order valence-electron chi connectivity index (χ0n) is 9.14. The van der Waals surface area contributed by atoms with Crippen molar-refractivity contribution in [3.63, 3.8) is 0 Å². The molecule has 0 unspecified atom stereocenters. The van der Waals surface area contributed by atoms with E-state index >= 15 is 0 Å². The molecule has 0 aromatic carbocycles. The minimum atomic E-state index is -1.79. The number of rotatable bonds is 4. The lowest BCUT2D eigenvalue weighted by atomic mass is 9.98. The molecule has 2 nitrogen and oxygen atoms in total. The van der Waals surface area contributed by atoms with Crippen LogP contribution in [0.1, 0.15) is 39.0 Å². The molecule has 0 radical (unpaired) electrons. The van der Waals surface area contributed by atoms with Crippen LogP contribution in [0.5, 0.6) is 0 Å². The third-order valence-electron chi connectivity index (χ3n) is 2.49. The van der Waals surface area contributed by atoms with Crippen molar-refractivity contribution in [3.8, 4) is 0 Å². The third-order valence-corrected chi connectivity index (χ3v) is 4.38. The molecule has 3 heteroatoms. The molecule has 0 atom stereocenters. The third kappa shape index (κ3) is 4.25. The largest absolute Gasteiger partial charge is 0.395 e. The van der Waals surface area contributed by atoms with Gasteiger partial charge in [0, 0.05) is 12.7 Å². The van der Waals surface area contributed by atoms with Gasteiger partial charge in [-0.25, -0.2) is 0 Å². The van der Waals surface area contributed by atoms with E-state index in [-0.39, 0.29) is 0 Å². The quantitative estimate of drug-likeness (QED) is 0.652. The van der Waals surface area contributed by atoms with Gasteiger partial charge in [0.25, 0.3) is 0 Å². The van der Waals surface area contributed by atoms with Crippen molar-refractivity contribution in [1.82, 2.24) is 0 Å². The minimum Gasteiger partial charge on any atom is -0.395 e. The smallest absolute Gasteiger partial charge is 0.331 e. The second-order valence-corrected chi connectivity index (χ2v) is 7.53. The molecule has 0 saturated heterocycles. The van der Waals surface area contributed by atoms with Gasteiger partial charge in [0.2, 0.25) is 0 Å². The predicted molar refractivity (Wildman–Crippen MR) is 57.1 cm³/mol. The lowest BCUT2D eigenvalue weighted by Gasteiger charge is -2.30. The maximum absolute atomic E-state index is 6.04.